The highest BCUT2D eigenvalue weighted by Gasteiger charge is 2.42. The highest BCUT2D eigenvalue weighted by atomic mass is 79.9. The zero-order valence-corrected chi connectivity index (χ0v) is 37.8. The number of hydrogen-bond donors (Lipinski definition) is 0. The minimum absolute atomic E-state index is 0.157. The van der Waals surface area contributed by atoms with Gasteiger partial charge >= 0.3 is 0 Å². The summed E-state index contributed by atoms with van der Waals surface area (Å²) >= 11 is 3.47. The van der Waals surface area contributed by atoms with Crippen LogP contribution in [0.3, 0.4) is 0 Å². The molecule has 0 spiro atoms. The molecule has 2 fully saturated rings. The van der Waals surface area contributed by atoms with Crippen molar-refractivity contribution < 1.29 is 8.78 Å². The number of terminal acetylenes is 1. The molecule has 0 N–H and O–H groups in total. The maximum atomic E-state index is 12.5. The number of halogens is 3. The van der Waals surface area contributed by atoms with Crippen LogP contribution in [0.4, 0.5) is 8.78 Å². The number of benzene rings is 2. The van der Waals surface area contributed by atoms with Crippen molar-refractivity contribution >= 4 is 32.1 Å². The van der Waals surface area contributed by atoms with Crippen molar-refractivity contribution in [1.29, 1.82) is 0 Å². The number of rotatable bonds is 12. The van der Waals surface area contributed by atoms with Crippen LogP contribution in [-0.4, -0.2) is 29.5 Å². The van der Waals surface area contributed by atoms with Gasteiger partial charge in [0.25, 0.3) is 0 Å². The van der Waals surface area contributed by atoms with E-state index < -0.39 is 16.1 Å². The molecule has 0 unspecified atom stereocenters. The number of hydrogen-bond acceptors (Lipinski definition) is 0. The van der Waals surface area contributed by atoms with Gasteiger partial charge in [0.1, 0.15) is 16.1 Å². The van der Waals surface area contributed by atoms with E-state index in [1.165, 1.54) is 24.0 Å². The van der Waals surface area contributed by atoms with Gasteiger partial charge in [-0.2, -0.15) is 0 Å². The SMILES string of the molecule is C#C[Si](C(C)C)(C(C)C)C(C)C.CC(C)[Si](C#Cc1cccc(C2CC(CCF)C2)c1)(C(C)C)C(C)C.FCCC1CC(c2cccc(Br)c2)C1. The van der Waals surface area contributed by atoms with Crippen molar-refractivity contribution in [3.05, 3.63) is 69.7 Å². The highest BCUT2D eigenvalue weighted by molar-refractivity contribution is 9.10. The molecule has 5 heteroatoms. The fourth-order valence-corrected chi connectivity index (χ4v) is 20.2. The summed E-state index contributed by atoms with van der Waals surface area (Å²) in [5, 5.41) is 0. The molecule has 2 aromatic rings. The van der Waals surface area contributed by atoms with Gasteiger partial charge < -0.3 is 0 Å². The van der Waals surface area contributed by atoms with Crippen LogP contribution >= 0.6 is 15.9 Å². The lowest BCUT2D eigenvalue weighted by Crippen LogP contribution is -2.43. The van der Waals surface area contributed by atoms with Crippen LogP contribution in [0.15, 0.2) is 53.0 Å². The summed E-state index contributed by atoms with van der Waals surface area (Å²) in [5.74, 6) is 6.06. The van der Waals surface area contributed by atoms with Crippen LogP contribution in [0.5, 0.6) is 0 Å². The molecule has 0 aromatic heterocycles. The van der Waals surface area contributed by atoms with Crippen molar-refractivity contribution in [2.24, 2.45) is 11.8 Å². The summed E-state index contributed by atoms with van der Waals surface area (Å²) in [6.07, 6.45) is 11.8. The first-order valence-electron chi connectivity index (χ1n) is 20.0. The zero-order chi connectivity index (χ0) is 38.5. The maximum absolute atomic E-state index is 12.5. The van der Waals surface area contributed by atoms with Crippen molar-refractivity contribution in [2.75, 3.05) is 13.3 Å². The van der Waals surface area contributed by atoms with Gasteiger partial charge in [0.2, 0.25) is 0 Å². The topological polar surface area (TPSA) is 0 Å². The minimum Gasteiger partial charge on any atom is -0.251 e. The molecule has 0 nitrogen and oxygen atoms in total. The van der Waals surface area contributed by atoms with Gasteiger partial charge in [-0.3, -0.25) is 8.78 Å². The van der Waals surface area contributed by atoms with E-state index >= 15 is 0 Å². The fourth-order valence-electron chi connectivity index (χ4n) is 9.54. The Labute approximate surface area is 324 Å². The van der Waals surface area contributed by atoms with E-state index in [2.05, 4.69) is 158 Å². The summed E-state index contributed by atoms with van der Waals surface area (Å²) in [6.45, 7) is 27.5. The molecule has 0 bridgehead atoms. The Hall–Kier alpha value is -1.67. The summed E-state index contributed by atoms with van der Waals surface area (Å²) < 4.78 is 25.6. The van der Waals surface area contributed by atoms with E-state index in [0.717, 1.165) is 35.7 Å². The minimum atomic E-state index is -1.67. The van der Waals surface area contributed by atoms with Crippen LogP contribution in [0.25, 0.3) is 0 Å². The zero-order valence-electron chi connectivity index (χ0n) is 34.3. The summed E-state index contributed by atoms with van der Waals surface area (Å²) in [4.78, 5) is 0. The third-order valence-corrected chi connectivity index (χ3v) is 25.6. The van der Waals surface area contributed by atoms with Gasteiger partial charge in [-0.05, 0) is 131 Å². The lowest BCUT2D eigenvalue weighted by molar-refractivity contribution is 0.227. The molecule has 51 heavy (non-hydrogen) atoms. The van der Waals surface area contributed by atoms with E-state index in [1.807, 2.05) is 6.07 Å². The first-order valence-corrected chi connectivity index (χ1v) is 25.2. The van der Waals surface area contributed by atoms with Crippen molar-refractivity contribution in [1.82, 2.24) is 0 Å². The smallest absolute Gasteiger partial charge is 0.146 e. The number of alkyl halides is 2. The molecule has 2 aliphatic carbocycles. The first kappa shape index (κ1) is 45.5. The maximum Gasteiger partial charge on any atom is 0.146 e. The Morgan fingerprint density at radius 1 is 0.627 bits per heavy atom. The van der Waals surface area contributed by atoms with Gasteiger partial charge in [-0.15, -0.1) is 17.5 Å². The summed E-state index contributed by atoms with van der Waals surface area (Å²) in [6, 6.07) is 17.3. The second-order valence-electron chi connectivity index (χ2n) is 17.4. The van der Waals surface area contributed by atoms with Crippen molar-refractivity contribution in [3.8, 4) is 23.4 Å². The van der Waals surface area contributed by atoms with Crippen LogP contribution in [-0.2, 0) is 0 Å². The highest BCUT2D eigenvalue weighted by Crippen LogP contribution is 2.45. The van der Waals surface area contributed by atoms with E-state index in [0.29, 0.717) is 56.9 Å². The molecule has 0 saturated heterocycles. The molecule has 0 atom stereocenters. The second-order valence-corrected chi connectivity index (χ2v) is 29.5. The van der Waals surface area contributed by atoms with Crippen LogP contribution in [0.2, 0.25) is 33.2 Å². The largest absolute Gasteiger partial charge is 0.251 e. The molecule has 4 rings (SSSR count). The van der Waals surface area contributed by atoms with E-state index in [9.17, 15) is 8.78 Å². The quantitative estimate of drug-likeness (QED) is 0.148. The molecule has 0 amide bonds. The third kappa shape index (κ3) is 11.9. The summed E-state index contributed by atoms with van der Waals surface area (Å²) in [5.41, 5.74) is 15.0. The van der Waals surface area contributed by atoms with E-state index in [4.69, 9.17) is 6.42 Å². The Morgan fingerprint density at radius 3 is 1.35 bits per heavy atom. The average Bonchev–Trinajstić information content (AvgIpc) is 3.01. The second kappa shape index (κ2) is 21.3. The first-order chi connectivity index (χ1) is 24.0. The molecule has 0 radical (unpaired) electrons. The average molecular weight is 798 g/mol. The normalized spacial score (nSPS) is 20.2. The van der Waals surface area contributed by atoms with E-state index in [-0.39, 0.29) is 13.3 Å². The van der Waals surface area contributed by atoms with Gasteiger partial charge in [0, 0.05) is 10.0 Å². The lowest BCUT2D eigenvalue weighted by atomic mass is 9.70. The standard InChI is InChI=1S/C23H35FSi.C12H14BrF.C11H22Si/c1-17(2)25(18(3)4,19(5)6)13-11-20-8-7-9-22(14-20)23-15-21(16-23)10-12-24;13-12-3-1-2-10(8-12)11-6-9(7-11)4-5-14;1-8-12(9(2)3,10(4)5)11(6)7/h7-9,14,17-19,21,23H,10,12,15-16H2,1-6H3;1-3,8-9,11H,4-7H2;1,9-11H,2-7H3. The molecule has 2 aliphatic rings. The fraction of sp³-hybridized carbons (Fsp3) is 0.652. The predicted molar refractivity (Wildman–Crippen MR) is 231 cm³/mol. The van der Waals surface area contributed by atoms with Crippen molar-refractivity contribution in [3.63, 3.8) is 0 Å². The van der Waals surface area contributed by atoms with Gasteiger partial charge in [-0.25, -0.2) is 0 Å². The monoisotopic (exact) mass is 796 g/mol. The van der Waals surface area contributed by atoms with Crippen LogP contribution in [0, 0.1) is 35.3 Å². The predicted octanol–water partition coefficient (Wildman–Crippen LogP) is 15.2. The van der Waals surface area contributed by atoms with Crippen LogP contribution in [0.1, 0.15) is 150 Å². The third-order valence-electron chi connectivity index (χ3n) is 12.6. The van der Waals surface area contributed by atoms with Gasteiger partial charge in [0.15, 0.2) is 0 Å². The van der Waals surface area contributed by atoms with Gasteiger partial charge in [0.05, 0.1) is 13.3 Å². The Balaban J connectivity index is 0.000000292. The molecule has 0 aliphatic heterocycles. The molecule has 0 heterocycles. The Morgan fingerprint density at radius 2 is 1.02 bits per heavy atom. The van der Waals surface area contributed by atoms with E-state index in [1.54, 1.807) is 0 Å². The molecular weight excluding hydrogens is 727 g/mol. The molecular formula is C46H71BrF2Si2. The Bertz CT molecular complexity index is 1370. The molecule has 2 saturated carbocycles. The summed E-state index contributed by atoms with van der Waals surface area (Å²) in [7, 11) is -3.15. The molecule has 2 aromatic carbocycles. The lowest BCUT2D eigenvalue weighted by Gasteiger charge is -2.38. The molecule has 284 valence electrons. The van der Waals surface area contributed by atoms with Gasteiger partial charge in [-0.1, -0.05) is 129 Å². The van der Waals surface area contributed by atoms with Crippen molar-refractivity contribution in [2.45, 2.75) is 167 Å². The Kier molecular flexibility index (Phi) is 19.0. The van der Waals surface area contributed by atoms with Crippen LogP contribution < -0.4 is 0 Å².